The van der Waals surface area contributed by atoms with Gasteiger partial charge in [0.1, 0.15) is 0 Å². The predicted molar refractivity (Wildman–Crippen MR) is 86.2 cm³/mol. The maximum atomic E-state index is 12.3. The molecule has 7 heteroatoms. The third-order valence-corrected chi connectivity index (χ3v) is 4.21. The number of methoxy groups -OCH3 is 1. The summed E-state index contributed by atoms with van der Waals surface area (Å²) in [5.74, 6) is -0.643. The summed E-state index contributed by atoms with van der Waals surface area (Å²) in [6, 6.07) is 4.81. The number of benzene rings is 1. The van der Waals surface area contributed by atoms with Gasteiger partial charge >= 0.3 is 0 Å². The van der Waals surface area contributed by atoms with Crippen molar-refractivity contribution in [3.63, 3.8) is 0 Å². The topological polar surface area (TPSA) is 58.6 Å². The van der Waals surface area contributed by atoms with E-state index in [-0.39, 0.29) is 24.3 Å². The van der Waals surface area contributed by atoms with Gasteiger partial charge in [-0.05, 0) is 25.1 Å². The molecule has 1 aromatic carbocycles. The Labute approximate surface area is 139 Å². The quantitative estimate of drug-likeness (QED) is 0.893. The molecule has 1 fully saturated rings. The molecule has 2 amide bonds. The van der Waals surface area contributed by atoms with Crippen LogP contribution in [0.3, 0.4) is 0 Å². The van der Waals surface area contributed by atoms with Crippen LogP contribution in [-0.4, -0.2) is 43.0 Å². The van der Waals surface area contributed by atoms with Crippen molar-refractivity contribution in [2.24, 2.45) is 5.92 Å². The molecule has 120 valence electrons. The van der Waals surface area contributed by atoms with Crippen molar-refractivity contribution in [3.05, 3.63) is 28.2 Å². The van der Waals surface area contributed by atoms with E-state index in [0.717, 1.165) is 0 Å². The van der Waals surface area contributed by atoms with Crippen LogP contribution in [0.4, 0.5) is 5.69 Å². The van der Waals surface area contributed by atoms with Gasteiger partial charge in [-0.15, -0.1) is 0 Å². The van der Waals surface area contributed by atoms with E-state index in [2.05, 4.69) is 5.32 Å². The molecule has 0 aliphatic carbocycles. The van der Waals surface area contributed by atoms with Gasteiger partial charge in [0.05, 0.1) is 29.3 Å². The van der Waals surface area contributed by atoms with Crippen LogP contribution in [0.5, 0.6) is 0 Å². The first kappa shape index (κ1) is 17.1. The molecule has 1 aromatic rings. The predicted octanol–water partition coefficient (Wildman–Crippen LogP) is 2.82. The zero-order chi connectivity index (χ0) is 16.3. The van der Waals surface area contributed by atoms with E-state index in [1.165, 1.54) is 0 Å². The maximum absolute atomic E-state index is 12.3. The zero-order valence-corrected chi connectivity index (χ0v) is 13.9. The number of carbonyl (C=O) groups excluding carboxylic acids is 2. The fourth-order valence-corrected chi connectivity index (χ4v) is 2.95. The minimum atomic E-state index is -0.390. The minimum Gasteiger partial charge on any atom is -0.383 e. The van der Waals surface area contributed by atoms with E-state index >= 15 is 0 Å². The second-order valence-corrected chi connectivity index (χ2v) is 6.21. The Morgan fingerprint density at radius 1 is 1.50 bits per heavy atom. The number of anilines is 1. The van der Waals surface area contributed by atoms with Gasteiger partial charge in [-0.1, -0.05) is 23.2 Å². The first-order valence-corrected chi connectivity index (χ1v) is 7.72. The van der Waals surface area contributed by atoms with Crippen molar-refractivity contribution >= 4 is 40.7 Å². The van der Waals surface area contributed by atoms with Crippen LogP contribution in [0.15, 0.2) is 18.2 Å². The number of nitrogens with zero attached hydrogens (tertiary/aromatic N) is 1. The lowest BCUT2D eigenvalue weighted by Gasteiger charge is -2.23. The van der Waals surface area contributed by atoms with E-state index < -0.39 is 5.92 Å². The number of ether oxygens (including phenoxy) is 1. The number of nitrogens with one attached hydrogen (secondary N) is 1. The smallest absolute Gasteiger partial charge is 0.229 e. The first-order valence-electron chi connectivity index (χ1n) is 6.96. The summed E-state index contributed by atoms with van der Waals surface area (Å²) in [6.07, 6.45) is 0.200. The van der Waals surface area contributed by atoms with Crippen molar-refractivity contribution in [2.45, 2.75) is 19.4 Å². The number of halogens is 2. The summed E-state index contributed by atoms with van der Waals surface area (Å²) in [5, 5.41) is 3.62. The molecule has 0 saturated carbocycles. The highest BCUT2D eigenvalue weighted by Gasteiger charge is 2.36. The van der Waals surface area contributed by atoms with Gasteiger partial charge in [-0.3, -0.25) is 9.59 Å². The molecule has 1 saturated heterocycles. The molecule has 0 bridgehead atoms. The number of likely N-dealkylation sites (tertiary alicyclic amines) is 1. The van der Waals surface area contributed by atoms with Crippen molar-refractivity contribution in [2.75, 3.05) is 25.6 Å². The summed E-state index contributed by atoms with van der Waals surface area (Å²) in [7, 11) is 1.59. The molecule has 1 N–H and O–H groups in total. The molecule has 0 spiro atoms. The van der Waals surface area contributed by atoms with Crippen molar-refractivity contribution < 1.29 is 14.3 Å². The van der Waals surface area contributed by atoms with Gasteiger partial charge in [0.2, 0.25) is 11.8 Å². The Balaban J connectivity index is 2.00. The molecule has 22 heavy (non-hydrogen) atoms. The molecule has 2 atom stereocenters. The number of hydrogen-bond acceptors (Lipinski definition) is 3. The highest BCUT2D eigenvalue weighted by atomic mass is 35.5. The van der Waals surface area contributed by atoms with Gasteiger partial charge < -0.3 is 15.0 Å². The fraction of sp³-hybridized carbons (Fsp3) is 0.467. The van der Waals surface area contributed by atoms with Crippen LogP contribution >= 0.6 is 23.2 Å². The van der Waals surface area contributed by atoms with Crippen LogP contribution in [-0.2, 0) is 14.3 Å². The molecule has 2 rings (SSSR count). The molecule has 2 unspecified atom stereocenters. The van der Waals surface area contributed by atoms with Gasteiger partial charge in [0.15, 0.2) is 0 Å². The summed E-state index contributed by atoms with van der Waals surface area (Å²) in [5.41, 5.74) is 0.493. The largest absolute Gasteiger partial charge is 0.383 e. The lowest BCUT2D eigenvalue weighted by Crippen LogP contribution is -2.38. The van der Waals surface area contributed by atoms with Crippen molar-refractivity contribution in [3.8, 4) is 0 Å². The molecule has 0 radical (unpaired) electrons. The summed E-state index contributed by atoms with van der Waals surface area (Å²) in [4.78, 5) is 26.0. The molecular weight excluding hydrogens is 327 g/mol. The highest BCUT2D eigenvalue weighted by Crippen LogP contribution is 2.27. The highest BCUT2D eigenvalue weighted by molar-refractivity contribution is 6.36. The maximum Gasteiger partial charge on any atom is 0.229 e. The summed E-state index contributed by atoms with van der Waals surface area (Å²) in [6.45, 7) is 2.74. The Hall–Kier alpha value is -1.30. The van der Waals surface area contributed by atoms with Crippen LogP contribution in [0.2, 0.25) is 10.0 Å². The van der Waals surface area contributed by atoms with E-state index in [1.54, 1.807) is 30.2 Å². The van der Waals surface area contributed by atoms with E-state index in [4.69, 9.17) is 27.9 Å². The number of hydrogen-bond donors (Lipinski definition) is 1. The van der Waals surface area contributed by atoms with Crippen LogP contribution in [0.25, 0.3) is 0 Å². The standard InChI is InChI=1S/C15H18Cl2N2O3/c1-9(8-22-2)19-7-10(5-14(19)20)15(21)18-13-4-3-11(16)6-12(13)17/h3-4,6,9-10H,5,7-8H2,1-2H3,(H,18,21). The van der Waals surface area contributed by atoms with E-state index in [0.29, 0.717) is 28.9 Å². The molecule has 5 nitrogen and oxygen atoms in total. The second-order valence-electron chi connectivity index (χ2n) is 5.36. The normalized spacial score (nSPS) is 19.4. The summed E-state index contributed by atoms with van der Waals surface area (Å²) >= 11 is 11.9. The Morgan fingerprint density at radius 2 is 2.23 bits per heavy atom. The van der Waals surface area contributed by atoms with Gasteiger partial charge in [-0.25, -0.2) is 0 Å². The summed E-state index contributed by atoms with van der Waals surface area (Å²) < 4.78 is 5.06. The zero-order valence-electron chi connectivity index (χ0n) is 12.4. The van der Waals surface area contributed by atoms with Crippen molar-refractivity contribution in [1.82, 2.24) is 4.90 Å². The van der Waals surface area contributed by atoms with Crippen LogP contribution in [0, 0.1) is 5.92 Å². The lowest BCUT2D eigenvalue weighted by molar-refractivity contribution is -0.130. The van der Waals surface area contributed by atoms with E-state index in [1.807, 2.05) is 6.92 Å². The molecule has 1 aliphatic heterocycles. The average Bonchev–Trinajstić information content (AvgIpc) is 2.84. The third kappa shape index (κ3) is 3.91. The Morgan fingerprint density at radius 3 is 2.86 bits per heavy atom. The number of amides is 2. The lowest BCUT2D eigenvalue weighted by atomic mass is 10.1. The fourth-order valence-electron chi connectivity index (χ4n) is 2.49. The van der Waals surface area contributed by atoms with Gasteiger partial charge in [0.25, 0.3) is 0 Å². The Bertz CT molecular complexity index is 580. The number of rotatable bonds is 5. The van der Waals surface area contributed by atoms with E-state index in [9.17, 15) is 9.59 Å². The SMILES string of the molecule is COCC(C)N1CC(C(=O)Nc2ccc(Cl)cc2Cl)CC1=O. The molecule has 1 heterocycles. The molecule has 0 aromatic heterocycles. The second kappa shape index (κ2) is 7.31. The monoisotopic (exact) mass is 344 g/mol. The molecular formula is C15H18Cl2N2O3. The van der Waals surface area contributed by atoms with Gasteiger partial charge in [0, 0.05) is 25.1 Å². The molecule has 1 aliphatic rings. The Kier molecular flexibility index (Phi) is 5.67. The van der Waals surface area contributed by atoms with Crippen LogP contribution < -0.4 is 5.32 Å². The first-order chi connectivity index (χ1) is 10.4. The van der Waals surface area contributed by atoms with Gasteiger partial charge in [-0.2, -0.15) is 0 Å². The average molecular weight is 345 g/mol. The van der Waals surface area contributed by atoms with Crippen molar-refractivity contribution in [1.29, 1.82) is 0 Å². The number of carbonyl (C=O) groups is 2. The van der Waals surface area contributed by atoms with Crippen LogP contribution in [0.1, 0.15) is 13.3 Å². The minimum absolute atomic E-state index is 0.0353. The third-order valence-electron chi connectivity index (χ3n) is 3.66.